The van der Waals surface area contributed by atoms with Crippen LogP contribution in [0, 0.1) is 5.41 Å². The van der Waals surface area contributed by atoms with Crippen molar-refractivity contribution in [2.75, 3.05) is 13.2 Å². The highest BCUT2D eigenvalue weighted by Gasteiger charge is 2.48. The van der Waals surface area contributed by atoms with Crippen LogP contribution >= 0.6 is 0 Å². The summed E-state index contributed by atoms with van der Waals surface area (Å²) in [5, 5.41) is 10.0. The van der Waals surface area contributed by atoms with Crippen molar-refractivity contribution in [2.24, 2.45) is 5.41 Å². The average Bonchev–Trinajstić information content (AvgIpc) is 3.28. The lowest BCUT2D eigenvalue weighted by Gasteiger charge is -2.47. The van der Waals surface area contributed by atoms with Crippen LogP contribution in [0.1, 0.15) is 40.0 Å². The first-order valence-corrected chi connectivity index (χ1v) is 8.87. The molecular formula is C16H27F3N4O2. The number of hydrogen-bond acceptors (Lipinski definition) is 5. The van der Waals surface area contributed by atoms with Crippen LogP contribution in [0.15, 0.2) is 0 Å². The number of nitrogens with one attached hydrogen (secondary N) is 3. The highest BCUT2D eigenvalue weighted by molar-refractivity contribution is 5.82. The molecule has 6 nitrogen and oxygen atoms in total. The zero-order chi connectivity index (χ0) is 18.4. The smallest absolute Gasteiger partial charge is 0.333 e. The van der Waals surface area contributed by atoms with Gasteiger partial charge in [-0.25, -0.2) is 0 Å². The number of ether oxygens (including phenoxy) is 1. The first-order chi connectivity index (χ1) is 11.6. The number of carbonyl (C=O) groups excluding carboxylic acids is 1. The van der Waals surface area contributed by atoms with E-state index in [2.05, 4.69) is 27.6 Å². The second-order valence-electron chi connectivity index (χ2n) is 7.80. The summed E-state index contributed by atoms with van der Waals surface area (Å²) in [6, 6.07) is -0.615. The van der Waals surface area contributed by atoms with Crippen LogP contribution in [-0.2, 0) is 9.53 Å². The molecule has 0 spiro atoms. The molecule has 3 fully saturated rings. The van der Waals surface area contributed by atoms with Crippen molar-refractivity contribution in [1.29, 1.82) is 0 Å². The van der Waals surface area contributed by atoms with E-state index in [0.717, 1.165) is 6.42 Å². The van der Waals surface area contributed by atoms with Crippen LogP contribution in [0.25, 0.3) is 0 Å². The molecule has 144 valence electrons. The van der Waals surface area contributed by atoms with Gasteiger partial charge >= 0.3 is 6.36 Å². The van der Waals surface area contributed by atoms with E-state index in [1.165, 1.54) is 17.7 Å². The van der Waals surface area contributed by atoms with Gasteiger partial charge in [0.15, 0.2) is 0 Å². The lowest BCUT2D eigenvalue weighted by atomic mass is 9.93. The Morgan fingerprint density at radius 3 is 2.60 bits per heavy atom. The molecule has 0 aromatic carbocycles. The van der Waals surface area contributed by atoms with Crippen LogP contribution in [0.4, 0.5) is 13.2 Å². The number of alkyl halides is 3. The fourth-order valence-electron chi connectivity index (χ4n) is 3.71. The van der Waals surface area contributed by atoms with E-state index in [4.69, 9.17) is 0 Å². The van der Waals surface area contributed by atoms with Gasteiger partial charge in [-0.1, -0.05) is 6.92 Å². The normalized spacial score (nSPS) is 35.8. The van der Waals surface area contributed by atoms with Gasteiger partial charge in [0.2, 0.25) is 5.91 Å². The standard InChI is InChI=1S/C16H27F3N4O2/c1-9(14(24)23-7-11(10(23)2)25-16(17,18)19)22-13-6-12(20-8-21-13)15(3)4-5-15/h9-13,20-22H,4-8H2,1-3H3/t9-,10+,11+,12?,13?/m1/s1. The molecule has 1 amide bonds. The Kier molecular flexibility index (Phi) is 5.04. The SMILES string of the molecule is C[C@@H](NC1CC(C2(C)CC2)NCN1)C(=O)N1C[C@H](OC(F)(F)F)[C@@H]1C. The monoisotopic (exact) mass is 364 g/mol. The van der Waals surface area contributed by atoms with E-state index in [9.17, 15) is 18.0 Å². The van der Waals surface area contributed by atoms with Gasteiger partial charge in [0, 0.05) is 19.3 Å². The molecule has 3 aliphatic rings. The van der Waals surface area contributed by atoms with Gasteiger partial charge in [-0.05, 0) is 38.5 Å². The third-order valence-corrected chi connectivity index (χ3v) is 5.84. The Morgan fingerprint density at radius 1 is 1.36 bits per heavy atom. The van der Waals surface area contributed by atoms with E-state index in [1.807, 2.05) is 0 Å². The quantitative estimate of drug-likeness (QED) is 0.683. The molecule has 2 aliphatic heterocycles. The lowest BCUT2D eigenvalue weighted by Crippen LogP contribution is -2.67. The molecule has 2 unspecified atom stereocenters. The molecule has 0 radical (unpaired) electrons. The predicted molar refractivity (Wildman–Crippen MR) is 85.4 cm³/mol. The van der Waals surface area contributed by atoms with E-state index < -0.39 is 24.6 Å². The highest BCUT2D eigenvalue weighted by atomic mass is 19.4. The van der Waals surface area contributed by atoms with Crippen LogP contribution in [-0.4, -0.2) is 60.8 Å². The molecule has 0 aromatic rings. The third kappa shape index (κ3) is 4.27. The van der Waals surface area contributed by atoms with Crippen molar-refractivity contribution in [3.05, 3.63) is 0 Å². The molecule has 1 aliphatic carbocycles. The van der Waals surface area contributed by atoms with Crippen molar-refractivity contribution in [3.63, 3.8) is 0 Å². The molecule has 5 atom stereocenters. The average molecular weight is 364 g/mol. The van der Waals surface area contributed by atoms with Gasteiger partial charge in [-0.3, -0.25) is 20.2 Å². The second-order valence-corrected chi connectivity index (χ2v) is 7.80. The molecule has 2 saturated heterocycles. The summed E-state index contributed by atoms with van der Waals surface area (Å²) in [5.41, 5.74) is 0.351. The van der Waals surface area contributed by atoms with Crippen molar-refractivity contribution >= 4 is 5.91 Å². The minimum absolute atomic E-state index is 0.0152. The Balaban J connectivity index is 1.47. The minimum atomic E-state index is -4.66. The Morgan fingerprint density at radius 2 is 2.04 bits per heavy atom. The summed E-state index contributed by atoms with van der Waals surface area (Å²) in [6.45, 7) is 6.26. The summed E-state index contributed by atoms with van der Waals surface area (Å²) < 4.78 is 40.9. The van der Waals surface area contributed by atoms with Crippen molar-refractivity contribution in [1.82, 2.24) is 20.9 Å². The first kappa shape index (κ1) is 18.9. The number of nitrogens with zero attached hydrogens (tertiary/aromatic N) is 1. The van der Waals surface area contributed by atoms with E-state index in [1.54, 1.807) is 13.8 Å². The number of halogens is 3. The van der Waals surface area contributed by atoms with Crippen molar-refractivity contribution in [3.8, 4) is 0 Å². The van der Waals surface area contributed by atoms with Crippen molar-refractivity contribution < 1.29 is 22.7 Å². The second kappa shape index (κ2) is 6.68. The van der Waals surface area contributed by atoms with Gasteiger partial charge in [0.1, 0.15) is 6.10 Å². The largest absolute Gasteiger partial charge is 0.522 e. The molecule has 0 bridgehead atoms. The minimum Gasteiger partial charge on any atom is -0.333 e. The van der Waals surface area contributed by atoms with E-state index in [0.29, 0.717) is 18.1 Å². The van der Waals surface area contributed by atoms with E-state index in [-0.39, 0.29) is 18.6 Å². The number of likely N-dealkylation sites (tertiary alicyclic amines) is 1. The predicted octanol–water partition coefficient (Wildman–Crippen LogP) is 1.14. The van der Waals surface area contributed by atoms with E-state index >= 15 is 0 Å². The van der Waals surface area contributed by atoms with Gasteiger partial charge in [-0.15, -0.1) is 13.2 Å². The summed E-state index contributed by atoms with van der Waals surface area (Å²) in [5.74, 6) is -0.191. The van der Waals surface area contributed by atoms with Crippen LogP contribution in [0.2, 0.25) is 0 Å². The molecule has 3 rings (SSSR count). The Labute approximate surface area is 145 Å². The van der Waals surface area contributed by atoms with Gasteiger partial charge in [-0.2, -0.15) is 0 Å². The molecular weight excluding hydrogens is 337 g/mol. The van der Waals surface area contributed by atoms with Crippen LogP contribution < -0.4 is 16.0 Å². The number of carbonyl (C=O) groups is 1. The summed E-state index contributed by atoms with van der Waals surface area (Å²) in [7, 11) is 0. The molecule has 0 aromatic heterocycles. The zero-order valence-corrected chi connectivity index (χ0v) is 14.8. The van der Waals surface area contributed by atoms with Gasteiger partial charge < -0.3 is 10.2 Å². The summed E-state index contributed by atoms with van der Waals surface area (Å²) in [6.07, 6.45) is -2.31. The lowest BCUT2D eigenvalue weighted by molar-refractivity contribution is -0.359. The summed E-state index contributed by atoms with van der Waals surface area (Å²) in [4.78, 5) is 13.9. The number of rotatable bonds is 5. The fraction of sp³-hybridized carbons (Fsp3) is 0.938. The Bertz CT molecular complexity index is 512. The topological polar surface area (TPSA) is 65.6 Å². The summed E-state index contributed by atoms with van der Waals surface area (Å²) >= 11 is 0. The molecule has 25 heavy (non-hydrogen) atoms. The van der Waals surface area contributed by atoms with Gasteiger partial charge in [0.05, 0.1) is 18.2 Å². The third-order valence-electron chi connectivity index (χ3n) is 5.84. The maximum Gasteiger partial charge on any atom is 0.522 e. The van der Waals surface area contributed by atoms with Crippen LogP contribution in [0.5, 0.6) is 0 Å². The fourth-order valence-corrected chi connectivity index (χ4v) is 3.71. The number of hydrogen-bond donors (Lipinski definition) is 3. The molecule has 1 saturated carbocycles. The highest BCUT2D eigenvalue weighted by Crippen LogP contribution is 2.49. The van der Waals surface area contributed by atoms with Gasteiger partial charge in [0.25, 0.3) is 0 Å². The maximum atomic E-state index is 12.5. The molecule has 9 heteroatoms. The molecule has 2 heterocycles. The van der Waals surface area contributed by atoms with Crippen LogP contribution in [0.3, 0.4) is 0 Å². The van der Waals surface area contributed by atoms with Crippen molar-refractivity contribution in [2.45, 2.75) is 76.8 Å². The number of amides is 1. The maximum absolute atomic E-state index is 12.5. The zero-order valence-electron chi connectivity index (χ0n) is 14.8. The Hall–Kier alpha value is -0.900. The molecule has 3 N–H and O–H groups in total. The first-order valence-electron chi connectivity index (χ1n) is 8.87.